The molecule has 2 aliphatic carbocycles. The summed E-state index contributed by atoms with van der Waals surface area (Å²) in [4.78, 5) is 32.1. The summed E-state index contributed by atoms with van der Waals surface area (Å²) in [6.45, 7) is 4.32. The van der Waals surface area contributed by atoms with Gasteiger partial charge in [-0.15, -0.1) is 11.8 Å². The van der Waals surface area contributed by atoms with Gasteiger partial charge in [0.05, 0.1) is 11.8 Å². The molecule has 4 atom stereocenters. The van der Waals surface area contributed by atoms with E-state index in [1.54, 1.807) is 12.1 Å². The molecule has 2 bridgehead atoms. The lowest BCUT2D eigenvalue weighted by molar-refractivity contribution is -0.140. The molecule has 1 aliphatic heterocycles. The zero-order valence-corrected chi connectivity index (χ0v) is 18.5. The average Bonchev–Trinajstić information content (AvgIpc) is 3.44. The number of amides is 2. The van der Waals surface area contributed by atoms with Crippen LogP contribution in [0.3, 0.4) is 0 Å². The lowest BCUT2D eigenvalue weighted by atomic mass is 9.85. The van der Waals surface area contributed by atoms with Crippen LogP contribution in [0.2, 0.25) is 0 Å². The van der Waals surface area contributed by atoms with Gasteiger partial charge in [-0.05, 0) is 43.7 Å². The Kier molecular flexibility index (Phi) is 6.95. The third-order valence-corrected chi connectivity index (χ3v) is 7.25. The number of fused-ring (bicyclic) bond motifs is 5. The highest BCUT2D eigenvalue weighted by molar-refractivity contribution is 7.99. The van der Waals surface area contributed by atoms with Gasteiger partial charge < -0.3 is 10.6 Å². The number of halogens is 1. The Morgan fingerprint density at radius 3 is 2.55 bits per heavy atom. The monoisotopic (exact) mass is 444 g/mol. The van der Waals surface area contributed by atoms with Gasteiger partial charge in [-0.2, -0.15) is 0 Å². The van der Waals surface area contributed by atoms with E-state index < -0.39 is 0 Å². The molecule has 1 aromatic carbocycles. The van der Waals surface area contributed by atoms with Crippen LogP contribution in [0.15, 0.2) is 46.3 Å². The number of allylic oxidation sites excluding steroid dienone is 2. The number of benzene rings is 1. The topological polar surface area (TPSA) is 73.8 Å². The highest BCUT2D eigenvalue weighted by Gasteiger charge is 2.58. The van der Waals surface area contributed by atoms with Gasteiger partial charge in [-0.3, -0.25) is 19.5 Å². The lowest BCUT2D eigenvalue weighted by Gasteiger charge is -2.17. The van der Waals surface area contributed by atoms with Crippen LogP contribution >= 0.6 is 11.8 Å². The fraction of sp³-hybridized carbons (Fsp3) is 0.522. The first-order chi connectivity index (χ1) is 15.1. The van der Waals surface area contributed by atoms with Gasteiger partial charge in [0.1, 0.15) is 5.82 Å². The molecule has 31 heavy (non-hydrogen) atoms. The molecule has 1 aromatic rings. The molecular formula is C23H29FN4O2S. The molecule has 4 rings (SSSR count). The second-order valence-corrected chi connectivity index (χ2v) is 9.28. The van der Waals surface area contributed by atoms with Crippen molar-refractivity contribution in [2.75, 3.05) is 31.9 Å². The minimum absolute atomic E-state index is 0.00558. The maximum atomic E-state index is 13.7. The van der Waals surface area contributed by atoms with E-state index in [2.05, 4.69) is 27.8 Å². The number of hydrogen-bond donors (Lipinski definition) is 2. The summed E-state index contributed by atoms with van der Waals surface area (Å²) in [5, 5.41) is 6.44. The first-order valence-electron chi connectivity index (χ1n) is 11.0. The normalized spacial score (nSPS) is 26.6. The number of guanidine groups is 1. The second-order valence-electron chi connectivity index (χ2n) is 8.15. The number of thioether (sulfide) groups is 1. The smallest absolute Gasteiger partial charge is 0.233 e. The Hall–Kier alpha value is -2.35. The van der Waals surface area contributed by atoms with Gasteiger partial charge in [0.25, 0.3) is 0 Å². The fourth-order valence-electron chi connectivity index (χ4n) is 4.84. The number of rotatable bonds is 9. The summed E-state index contributed by atoms with van der Waals surface area (Å²) < 4.78 is 13.7. The fourth-order valence-corrected chi connectivity index (χ4v) is 5.64. The van der Waals surface area contributed by atoms with E-state index in [0.717, 1.165) is 13.0 Å². The molecule has 0 spiro atoms. The summed E-state index contributed by atoms with van der Waals surface area (Å²) in [7, 11) is 0. The van der Waals surface area contributed by atoms with Crippen LogP contribution < -0.4 is 10.6 Å². The minimum atomic E-state index is -0.202. The third-order valence-electron chi connectivity index (χ3n) is 6.20. The molecule has 8 heteroatoms. The maximum absolute atomic E-state index is 13.7. The van der Waals surface area contributed by atoms with Crippen LogP contribution in [0.5, 0.6) is 0 Å². The van der Waals surface area contributed by atoms with Crippen molar-refractivity contribution in [3.8, 4) is 0 Å². The predicted molar refractivity (Wildman–Crippen MR) is 120 cm³/mol. The Labute approximate surface area is 186 Å². The van der Waals surface area contributed by atoms with Crippen LogP contribution in [0.1, 0.15) is 19.8 Å². The predicted octanol–water partition coefficient (Wildman–Crippen LogP) is 2.67. The number of carbonyl (C=O) groups is 2. The van der Waals surface area contributed by atoms with E-state index in [9.17, 15) is 14.0 Å². The maximum Gasteiger partial charge on any atom is 0.233 e. The Balaban J connectivity index is 1.21. The first kappa shape index (κ1) is 21.9. The zero-order chi connectivity index (χ0) is 21.8. The molecule has 1 heterocycles. The number of likely N-dealkylation sites (tertiary alicyclic amines) is 1. The van der Waals surface area contributed by atoms with Crippen molar-refractivity contribution in [1.29, 1.82) is 0 Å². The number of nitrogens with zero attached hydrogens (tertiary/aromatic N) is 2. The lowest BCUT2D eigenvalue weighted by Crippen LogP contribution is -2.38. The average molecular weight is 445 g/mol. The largest absolute Gasteiger partial charge is 0.357 e. The van der Waals surface area contributed by atoms with Gasteiger partial charge in [0, 0.05) is 36.8 Å². The molecule has 0 radical (unpaired) electrons. The molecule has 166 valence electrons. The zero-order valence-electron chi connectivity index (χ0n) is 17.7. The van der Waals surface area contributed by atoms with Crippen LogP contribution in [0.4, 0.5) is 4.39 Å². The summed E-state index contributed by atoms with van der Waals surface area (Å²) in [5.41, 5.74) is 0. The van der Waals surface area contributed by atoms with Gasteiger partial charge >= 0.3 is 0 Å². The molecule has 0 aromatic heterocycles. The van der Waals surface area contributed by atoms with Crippen molar-refractivity contribution in [1.82, 2.24) is 15.5 Å². The quantitative estimate of drug-likeness (QED) is 0.153. The highest BCUT2D eigenvalue weighted by Crippen LogP contribution is 2.52. The van der Waals surface area contributed by atoms with E-state index in [-0.39, 0.29) is 41.3 Å². The van der Waals surface area contributed by atoms with Gasteiger partial charge in [0.2, 0.25) is 11.8 Å². The molecule has 6 nitrogen and oxygen atoms in total. The number of hydrogen-bond acceptors (Lipinski definition) is 4. The van der Waals surface area contributed by atoms with E-state index in [4.69, 9.17) is 0 Å². The SMILES string of the molecule is CCNC(=NCCCN1C(=O)C2C3C=CC(C3)C2C1=O)NCCSc1ccccc1F. The minimum Gasteiger partial charge on any atom is -0.357 e. The van der Waals surface area contributed by atoms with E-state index in [1.165, 1.54) is 22.7 Å². The first-order valence-corrected chi connectivity index (χ1v) is 12.0. The summed E-state index contributed by atoms with van der Waals surface area (Å²) in [6, 6.07) is 6.75. The van der Waals surface area contributed by atoms with Crippen molar-refractivity contribution >= 4 is 29.5 Å². The molecule has 2 amide bonds. The number of carbonyl (C=O) groups excluding carboxylic acids is 2. The molecule has 1 saturated carbocycles. The van der Waals surface area contributed by atoms with Crippen LogP contribution in [0, 0.1) is 29.5 Å². The van der Waals surface area contributed by atoms with Crippen LogP contribution in [-0.4, -0.2) is 54.6 Å². The molecule has 1 saturated heterocycles. The van der Waals surface area contributed by atoms with Crippen molar-refractivity contribution in [3.05, 3.63) is 42.2 Å². The summed E-state index contributed by atoms with van der Waals surface area (Å²) in [6.07, 6.45) is 5.82. The van der Waals surface area contributed by atoms with E-state index in [1.807, 2.05) is 13.0 Å². The highest BCUT2D eigenvalue weighted by atomic mass is 32.2. The Morgan fingerprint density at radius 2 is 1.87 bits per heavy atom. The molecular weight excluding hydrogens is 415 g/mol. The van der Waals surface area contributed by atoms with Crippen LogP contribution in [-0.2, 0) is 9.59 Å². The van der Waals surface area contributed by atoms with E-state index >= 15 is 0 Å². The number of imide groups is 1. The van der Waals surface area contributed by atoms with Crippen molar-refractivity contribution in [3.63, 3.8) is 0 Å². The molecule has 2 fully saturated rings. The van der Waals surface area contributed by atoms with Crippen LogP contribution in [0.25, 0.3) is 0 Å². The Bertz CT molecular complexity index is 860. The second kappa shape index (κ2) is 9.85. The summed E-state index contributed by atoms with van der Waals surface area (Å²) >= 11 is 1.46. The molecule has 2 N–H and O–H groups in total. The van der Waals surface area contributed by atoms with Crippen molar-refractivity contribution in [2.24, 2.45) is 28.7 Å². The molecule has 3 aliphatic rings. The third kappa shape index (κ3) is 4.63. The summed E-state index contributed by atoms with van der Waals surface area (Å²) in [5.74, 6) is 1.46. The molecule has 4 unspecified atom stereocenters. The Morgan fingerprint density at radius 1 is 1.16 bits per heavy atom. The van der Waals surface area contributed by atoms with Gasteiger partial charge in [-0.1, -0.05) is 24.3 Å². The number of nitrogens with one attached hydrogen (secondary N) is 2. The van der Waals surface area contributed by atoms with Crippen molar-refractivity contribution < 1.29 is 14.0 Å². The standard InChI is InChI=1S/C23H29FN4O2S/c1-2-25-23(27-11-13-31-18-7-4-3-6-17(18)24)26-10-5-12-28-21(29)19-15-8-9-16(14-15)20(19)22(28)30/h3-4,6-9,15-16,19-20H,2,5,10-14H2,1H3,(H2,25,26,27). The van der Waals surface area contributed by atoms with E-state index in [0.29, 0.717) is 42.7 Å². The van der Waals surface area contributed by atoms with Gasteiger partial charge in [-0.25, -0.2) is 4.39 Å². The van der Waals surface area contributed by atoms with Crippen molar-refractivity contribution in [2.45, 2.75) is 24.7 Å². The van der Waals surface area contributed by atoms with Gasteiger partial charge in [0.15, 0.2) is 5.96 Å². The number of aliphatic imine (C=N–C) groups is 1.